The summed E-state index contributed by atoms with van der Waals surface area (Å²) in [5.74, 6) is -0.588. The molecule has 110 valence electrons. The lowest BCUT2D eigenvalue weighted by atomic mass is 10.0. The number of pyridine rings is 1. The summed E-state index contributed by atoms with van der Waals surface area (Å²) in [6, 6.07) is 8.90. The van der Waals surface area contributed by atoms with Gasteiger partial charge in [0.15, 0.2) is 0 Å². The SMILES string of the molecule is Cc1ccn(C)c(=O)c1NC(=O)C(C)c1ccc(Cl)cc1. The van der Waals surface area contributed by atoms with Crippen molar-refractivity contribution in [3.8, 4) is 0 Å². The Balaban J connectivity index is 2.24. The second kappa shape index (κ2) is 6.14. The van der Waals surface area contributed by atoms with Crippen LogP contribution in [0.4, 0.5) is 5.69 Å². The largest absolute Gasteiger partial charge is 0.321 e. The van der Waals surface area contributed by atoms with Crippen LogP contribution in [0.3, 0.4) is 0 Å². The number of benzene rings is 1. The van der Waals surface area contributed by atoms with Gasteiger partial charge in [-0.15, -0.1) is 0 Å². The lowest BCUT2D eigenvalue weighted by Crippen LogP contribution is -2.27. The van der Waals surface area contributed by atoms with Gasteiger partial charge >= 0.3 is 0 Å². The highest BCUT2D eigenvalue weighted by Gasteiger charge is 2.17. The Hall–Kier alpha value is -2.07. The molecule has 2 rings (SSSR count). The molecular formula is C16H17ClN2O2. The van der Waals surface area contributed by atoms with E-state index in [2.05, 4.69) is 5.32 Å². The molecule has 0 aliphatic carbocycles. The lowest BCUT2D eigenvalue weighted by molar-refractivity contribution is -0.117. The van der Waals surface area contributed by atoms with Crippen LogP contribution in [0.5, 0.6) is 0 Å². The van der Waals surface area contributed by atoms with Crippen LogP contribution in [0.15, 0.2) is 41.3 Å². The Morgan fingerprint density at radius 3 is 2.48 bits per heavy atom. The normalized spacial score (nSPS) is 12.0. The summed E-state index contributed by atoms with van der Waals surface area (Å²) in [7, 11) is 1.65. The molecule has 0 fully saturated rings. The number of nitrogens with one attached hydrogen (secondary N) is 1. The van der Waals surface area contributed by atoms with Gasteiger partial charge in [0, 0.05) is 18.3 Å². The summed E-state index contributed by atoms with van der Waals surface area (Å²) in [5.41, 5.74) is 1.70. The van der Waals surface area contributed by atoms with E-state index in [-0.39, 0.29) is 17.4 Å². The van der Waals surface area contributed by atoms with E-state index in [9.17, 15) is 9.59 Å². The number of aromatic nitrogens is 1. The Bertz CT molecular complexity index is 720. The van der Waals surface area contributed by atoms with Crippen LogP contribution in [0.1, 0.15) is 24.0 Å². The van der Waals surface area contributed by atoms with Crippen molar-refractivity contribution in [3.63, 3.8) is 0 Å². The molecular weight excluding hydrogens is 288 g/mol. The third-order valence-corrected chi connectivity index (χ3v) is 3.74. The third-order valence-electron chi connectivity index (χ3n) is 3.49. The molecule has 0 saturated heterocycles. The van der Waals surface area contributed by atoms with Gasteiger partial charge in [-0.2, -0.15) is 0 Å². The van der Waals surface area contributed by atoms with Gasteiger partial charge in [-0.05, 0) is 43.2 Å². The molecule has 2 aromatic rings. The smallest absolute Gasteiger partial charge is 0.274 e. The quantitative estimate of drug-likeness (QED) is 0.947. The predicted octanol–water partition coefficient (Wildman–Crippen LogP) is 3.09. The van der Waals surface area contributed by atoms with Crippen molar-refractivity contribution in [3.05, 3.63) is 63.0 Å². The molecule has 0 saturated carbocycles. The van der Waals surface area contributed by atoms with Gasteiger partial charge in [0.1, 0.15) is 5.69 Å². The number of carbonyl (C=O) groups excluding carboxylic acids is 1. The van der Waals surface area contributed by atoms with Gasteiger partial charge in [0.05, 0.1) is 5.92 Å². The zero-order valence-electron chi connectivity index (χ0n) is 12.2. The number of halogens is 1. The van der Waals surface area contributed by atoms with E-state index < -0.39 is 0 Å². The molecule has 0 bridgehead atoms. The van der Waals surface area contributed by atoms with Gasteiger partial charge in [-0.1, -0.05) is 23.7 Å². The summed E-state index contributed by atoms with van der Waals surface area (Å²) in [6.07, 6.45) is 1.68. The molecule has 1 N–H and O–H groups in total. The van der Waals surface area contributed by atoms with Crippen molar-refractivity contribution in [2.24, 2.45) is 7.05 Å². The summed E-state index contributed by atoms with van der Waals surface area (Å²) in [4.78, 5) is 24.4. The van der Waals surface area contributed by atoms with E-state index in [4.69, 9.17) is 11.6 Å². The van der Waals surface area contributed by atoms with Gasteiger partial charge in [0.2, 0.25) is 5.91 Å². The lowest BCUT2D eigenvalue weighted by Gasteiger charge is -2.14. The minimum atomic E-state index is -0.369. The number of hydrogen-bond donors (Lipinski definition) is 1. The number of amides is 1. The maximum absolute atomic E-state index is 12.3. The molecule has 5 heteroatoms. The standard InChI is InChI=1S/C16H17ClN2O2/c1-10-8-9-19(3)16(21)14(10)18-15(20)11(2)12-4-6-13(17)7-5-12/h4-9,11H,1-3H3,(H,18,20). The van der Waals surface area contributed by atoms with E-state index in [1.54, 1.807) is 45.3 Å². The Morgan fingerprint density at radius 1 is 1.24 bits per heavy atom. The molecule has 1 aromatic carbocycles. The highest BCUT2D eigenvalue weighted by atomic mass is 35.5. The highest BCUT2D eigenvalue weighted by molar-refractivity contribution is 6.30. The molecule has 1 aromatic heterocycles. The molecule has 0 radical (unpaired) electrons. The summed E-state index contributed by atoms with van der Waals surface area (Å²) in [5, 5.41) is 3.35. The maximum atomic E-state index is 12.3. The van der Waals surface area contributed by atoms with Gasteiger partial charge < -0.3 is 9.88 Å². The van der Waals surface area contributed by atoms with Crippen LogP contribution in [0.2, 0.25) is 5.02 Å². The molecule has 1 heterocycles. The van der Waals surface area contributed by atoms with Crippen molar-refractivity contribution in [1.29, 1.82) is 0 Å². The third kappa shape index (κ3) is 3.34. The van der Waals surface area contributed by atoms with E-state index in [1.165, 1.54) is 4.57 Å². The van der Waals surface area contributed by atoms with E-state index in [1.807, 2.05) is 12.1 Å². The van der Waals surface area contributed by atoms with Crippen LogP contribution in [0, 0.1) is 6.92 Å². The molecule has 1 amide bonds. The fourth-order valence-corrected chi connectivity index (χ4v) is 2.13. The van der Waals surface area contributed by atoms with Crippen molar-refractivity contribution in [1.82, 2.24) is 4.57 Å². The average molecular weight is 305 g/mol. The van der Waals surface area contributed by atoms with Crippen LogP contribution in [-0.2, 0) is 11.8 Å². The van der Waals surface area contributed by atoms with E-state index in [0.717, 1.165) is 11.1 Å². The first-order valence-electron chi connectivity index (χ1n) is 6.62. The second-order valence-electron chi connectivity index (χ2n) is 5.05. The predicted molar refractivity (Wildman–Crippen MR) is 84.9 cm³/mol. The topological polar surface area (TPSA) is 51.1 Å². The maximum Gasteiger partial charge on any atom is 0.274 e. The zero-order valence-corrected chi connectivity index (χ0v) is 12.9. The average Bonchev–Trinajstić information content (AvgIpc) is 2.47. The van der Waals surface area contributed by atoms with E-state index >= 15 is 0 Å². The van der Waals surface area contributed by atoms with Gasteiger partial charge in [-0.3, -0.25) is 9.59 Å². The molecule has 0 aliphatic rings. The van der Waals surface area contributed by atoms with Crippen molar-refractivity contribution >= 4 is 23.2 Å². The fraction of sp³-hybridized carbons (Fsp3) is 0.250. The Morgan fingerprint density at radius 2 is 1.86 bits per heavy atom. The van der Waals surface area contributed by atoms with Crippen molar-refractivity contribution in [2.75, 3.05) is 5.32 Å². The van der Waals surface area contributed by atoms with Crippen LogP contribution in [0.25, 0.3) is 0 Å². The fourth-order valence-electron chi connectivity index (χ4n) is 2.01. The molecule has 1 unspecified atom stereocenters. The van der Waals surface area contributed by atoms with Crippen molar-refractivity contribution in [2.45, 2.75) is 19.8 Å². The second-order valence-corrected chi connectivity index (χ2v) is 5.49. The monoisotopic (exact) mass is 304 g/mol. The summed E-state index contributed by atoms with van der Waals surface area (Å²) < 4.78 is 1.44. The minimum Gasteiger partial charge on any atom is -0.321 e. The molecule has 1 atom stereocenters. The molecule has 4 nitrogen and oxygen atoms in total. The Labute approximate surface area is 128 Å². The van der Waals surface area contributed by atoms with E-state index in [0.29, 0.717) is 10.7 Å². The van der Waals surface area contributed by atoms with Gasteiger partial charge in [-0.25, -0.2) is 0 Å². The first-order chi connectivity index (χ1) is 9.90. The van der Waals surface area contributed by atoms with Crippen LogP contribution >= 0.6 is 11.6 Å². The minimum absolute atomic E-state index is 0.216. The van der Waals surface area contributed by atoms with Crippen LogP contribution in [-0.4, -0.2) is 10.5 Å². The number of hydrogen-bond acceptors (Lipinski definition) is 2. The molecule has 0 spiro atoms. The van der Waals surface area contributed by atoms with Crippen molar-refractivity contribution < 1.29 is 4.79 Å². The number of anilines is 1. The molecule has 21 heavy (non-hydrogen) atoms. The number of rotatable bonds is 3. The van der Waals surface area contributed by atoms with Gasteiger partial charge in [0.25, 0.3) is 5.56 Å². The first kappa shape index (κ1) is 15.3. The summed E-state index contributed by atoms with van der Waals surface area (Å²) in [6.45, 7) is 3.59. The Kier molecular flexibility index (Phi) is 4.48. The van der Waals surface area contributed by atoms with Crippen LogP contribution < -0.4 is 10.9 Å². The molecule has 0 aliphatic heterocycles. The number of carbonyl (C=O) groups is 1. The zero-order chi connectivity index (χ0) is 15.6. The first-order valence-corrected chi connectivity index (χ1v) is 7.00. The number of aryl methyl sites for hydroxylation is 2. The summed E-state index contributed by atoms with van der Waals surface area (Å²) >= 11 is 5.84. The highest BCUT2D eigenvalue weighted by Crippen LogP contribution is 2.20. The number of nitrogens with zero attached hydrogens (tertiary/aromatic N) is 1.